The molecule has 0 aromatic heterocycles. The van der Waals surface area contributed by atoms with E-state index in [-0.39, 0.29) is 0 Å². The van der Waals surface area contributed by atoms with Crippen LogP contribution in [0.25, 0.3) is 0 Å². The van der Waals surface area contributed by atoms with E-state index >= 15 is 0 Å². The van der Waals surface area contributed by atoms with Gasteiger partial charge in [-0.3, -0.25) is 0 Å². The predicted molar refractivity (Wildman–Crippen MR) is 54.4 cm³/mol. The Morgan fingerprint density at radius 3 is 2.17 bits per heavy atom. The topological polar surface area (TPSA) is 9.23 Å². The molecule has 0 spiro atoms. The number of methoxy groups -OCH3 is 1. The standard InChI is InChI=1S/C11H24O/c1-5-7-11(12-4)9-8-10(3)6-2/h10-11H,5-9H2,1-4H3. The molecule has 0 aromatic carbocycles. The summed E-state index contributed by atoms with van der Waals surface area (Å²) in [7, 11) is 1.83. The van der Waals surface area contributed by atoms with E-state index in [4.69, 9.17) is 4.74 Å². The van der Waals surface area contributed by atoms with Crippen molar-refractivity contribution in [3.05, 3.63) is 0 Å². The van der Waals surface area contributed by atoms with E-state index in [0.29, 0.717) is 6.10 Å². The fourth-order valence-corrected chi connectivity index (χ4v) is 1.38. The highest BCUT2D eigenvalue weighted by Gasteiger charge is 2.07. The molecule has 1 heteroatoms. The first-order chi connectivity index (χ1) is 5.74. The predicted octanol–water partition coefficient (Wildman–Crippen LogP) is 3.63. The quantitative estimate of drug-likeness (QED) is 0.570. The largest absolute Gasteiger partial charge is 0.381 e. The highest BCUT2D eigenvalue weighted by atomic mass is 16.5. The van der Waals surface area contributed by atoms with Gasteiger partial charge in [0.2, 0.25) is 0 Å². The average molecular weight is 172 g/mol. The Balaban J connectivity index is 3.43. The molecule has 0 fully saturated rings. The maximum Gasteiger partial charge on any atom is 0.0571 e. The lowest BCUT2D eigenvalue weighted by Gasteiger charge is -2.16. The van der Waals surface area contributed by atoms with Crippen LogP contribution in [0.15, 0.2) is 0 Å². The lowest BCUT2D eigenvalue weighted by Crippen LogP contribution is -2.11. The van der Waals surface area contributed by atoms with Gasteiger partial charge in [-0.05, 0) is 25.2 Å². The number of ether oxygens (including phenoxy) is 1. The Morgan fingerprint density at radius 1 is 1.08 bits per heavy atom. The van der Waals surface area contributed by atoms with E-state index in [0.717, 1.165) is 5.92 Å². The van der Waals surface area contributed by atoms with Gasteiger partial charge in [0, 0.05) is 7.11 Å². The Labute approximate surface area is 77.5 Å². The fourth-order valence-electron chi connectivity index (χ4n) is 1.38. The molecule has 0 bridgehead atoms. The molecule has 0 radical (unpaired) electrons. The molecule has 0 aliphatic heterocycles. The van der Waals surface area contributed by atoms with Gasteiger partial charge in [0.05, 0.1) is 6.10 Å². The van der Waals surface area contributed by atoms with Crippen LogP contribution in [0.1, 0.15) is 52.9 Å². The summed E-state index contributed by atoms with van der Waals surface area (Å²) in [6.45, 7) is 6.79. The highest BCUT2D eigenvalue weighted by Crippen LogP contribution is 2.15. The maximum atomic E-state index is 5.39. The first kappa shape index (κ1) is 12.0. The second-order valence-corrected chi connectivity index (χ2v) is 3.74. The zero-order valence-electron chi connectivity index (χ0n) is 9.10. The van der Waals surface area contributed by atoms with Crippen LogP contribution in [0.2, 0.25) is 0 Å². The zero-order chi connectivity index (χ0) is 9.40. The van der Waals surface area contributed by atoms with E-state index in [2.05, 4.69) is 20.8 Å². The molecule has 0 heterocycles. The molecule has 0 N–H and O–H groups in total. The third-order valence-electron chi connectivity index (χ3n) is 2.62. The Hall–Kier alpha value is -0.0400. The van der Waals surface area contributed by atoms with Crippen LogP contribution in [0.3, 0.4) is 0 Å². The zero-order valence-corrected chi connectivity index (χ0v) is 9.10. The lowest BCUT2D eigenvalue weighted by atomic mass is 9.99. The Bertz CT molecular complexity index is 91.0. The number of hydrogen-bond donors (Lipinski definition) is 0. The van der Waals surface area contributed by atoms with Crippen molar-refractivity contribution < 1.29 is 4.74 Å². The summed E-state index contributed by atoms with van der Waals surface area (Å²) < 4.78 is 5.39. The van der Waals surface area contributed by atoms with Gasteiger partial charge >= 0.3 is 0 Å². The summed E-state index contributed by atoms with van der Waals surface area (Å²) in [5, 5.41) is 0. The van der Waals surface area contributed by atoms with Crippen LogP contribution in [0, 0.1) is 5.92 Å². The van der Waals surface area contributed by atoms with Gasteiger partial charge in [-0.25, -0.2) is 0 Å². The molecule has 2 atom stereocenters. The molecular formula is C11H24O. The molecule has 2 unspecified atom stereocenters. The molecule has 0 aliphatic carbocycles. The second kappa shape index (κ2) is 7.60. The summed E-state index contributed by atoms with van der Waals surface area (Å²) >= 11 is 0. The molecule has 0 saturated carbocycles. The second-order valence-electron chi connectivity index (χ2n) is 3.74. The third-order valence-corrected chi connectivity index (χ3v) is 2.62. The maximum absolute atomic E-state index is 5.39. The van der Waals surface area contributed by atoms with E-state index in [1.165, 1.54) is 32.1 Å². The van der Waals surface area contributed by atoms with E-state index < -0.39 is 0 Å². The van der Waals surface area contributed by atoms with Gasteiger partial charge in [0.1, 0.15) is 0 Å². The van der Waals surface area contributed by atoms with Crippen LogP contribution >= 0.6 is 0 Å². The molecule has 1 nitrogen and oxygen atoms in total. The fraction of sp³-hybridized carbons (Fsp3) is 1.00. The van der Waals surface area contributed by atoms with Crippen LogP contribution in [-0.4, -0.2) is 13.2 Å². The van der Waals surface area contributed by atoms with Gasteiger partial charge in [0.15, 0.2) is 0 Å². The SMILES string of the molecule is CCCC(CCC(C)CC)OC. The summed E-state index contributed by atoms with van der Waals surface area (Å²) in [5.74, 6) is 0.861. The minimum Gasteiger partial charge on any atom is -0.381 e. The smallest absolute Gasteiger partial charge is 0.0571 e. The molecule has 12 heavy (non-hydrogen) atoms. The molecule has 0 amide bonds. The van der Waals surface area contributed by atoms with Crippen molar-refractivity contribution in [2.45, 2.75) is 59.0 Å². The Morgan fingerprint density at radius 2 is 1.75 bits per heavy atom. The summed E-state index contributed by atoms with van der Waals surface area (Å²) in [4.78, 5) is 0. The Kier molecular flexibility index (Phi) is 7.58. The van der Waals surface area contributed by atoms with Crippen molar-refractivity contribution >= 4 is 0 Å². The monoisotopic (exact) mass is 172 g/mol. The summed E-state index contributed by atoms with van der Waals surface area (Å²) in [5.41, 5.74) is 0. The molecule has 0 aromatic rings. The van der Waals surface area contributed by atoms with Crippen molar-refractivity contribution in [1.82, 2.24) is 0 Å². The first-order valence-electron chi connectivity index (χ1n) is 5.27. The summed E-state index contributed by atoms with van der Waals surface area (Å²) in [6.07, 6.45) is 6.80. The van der Waals surface area contributed by atoms with Crippen molar-refractivity contribution in [2.24, 2.45) is 5.92 Å². The molecule has 0 aliphatic rings. The highest BCUT2D eigenvalue weighted by molar-refractivity contribution is 4.59. The van der Waals surface area contributed by atoms with E-state index in [1.807, 2.05) is 7.11 Å². The van der Waals surface area contributed by atoms with E-state index in [1.54, 1.807) is 0 Å². The van der Waals surface area contributed by atoms with Crippen molar-refractivity contribution in [3.8, 4) is 0 Å². The lowest BCUT2D eigenvalue weighted by molar-refractivity contribution is 0.0818. The first-order valence-corrected chi connectivity index (χ1v) is 5.27. The molecule has 0 rings (SSSR count). The van der Waals surface area contributed by atoms with Crippen LogP contribution in [-0.2, 0) is 4.74 Å². The third kappa shape index (κ3) is 5.59. The van der Waals surface area contributed by atoms with Crippen LogP contribution in [0.4, 0.5) is 0 Å². The van der Waals surface area contributed by atoms with Crippen molar-refractivity contribution in [2.75, 3.05) is 7.11 Å². The number of hydrogen-bond acceptors (Lipinski definition) is 1. The number of rotatable bonds is 7. The molecule has 74 valence electrons. The summed E-state index contributed by atoms with van der Waals surface area (Å²) in [6, 6.07) is 0. The van der Waals surface area contributed by atoms with Gasteiger partial charge in [-0.1, -0.05) is 33.6 Å². The van der Waals surface area contributed by atoms with Gasteiger partial charge in [0.25, 0.3) is 0 Å². The minimum atomic E-state index is 0.504. The van der Waals surface area contributed by atoms with Crippen LogP contribution < -0.4 is 0 Å². The van der Waals surface area contributed by atoms with Gasteiger partial charge in [-0.15, -0.1) is 0 Å². The molecule has 0 saturated heterocycles. The molecular weight excluding hydrogens is 148 g/mol. The van der Waals surface area contributed by atoms with Gasteiger partial charge in [-0.2, -0.15) is 0 Å². The average Bonchev–Trinajstić information content (AvgIpc) is 2.11. The van der Waals surface area contributed by atoms with E-state index in [9.17, 15) is 0 Å². The normalized spacial score (nSPS) is 16.0. The van der Waals surface area contributed by atoms with Crippen LogP contribution in [0.5, 0.6) is 0 Å². The van der Waals surface area contributed by atoms with Crippen molar-refractivity contribution in [1.29, 1.82) is 0 Å². The minimum absolute atomic E-state index is 0.504. The van der Waals surface area contributed by atoms with Crippen molar-refractivity contribution in [3.63, 3.8) is 0 Å². The van der Waals surface area contributed by atoms with Gasteiger partial charge < -0.3 is 4.74 Å².